The van der Waals surface area contributed by atoms with E-state index in [1.165, 1.54) is 148 Å². The Kier molecular flexibility index (Phi) is 64.4. The van der Waals surface area contributed by atoms with Crippen molar-refractivity contribution in [1.29, 1.82) is 0 Å². The third-order valence-electron chi connectivity index (χ3n) is 17.0. The molecule has 0 bridgehead atoms. The van der Waals surface area contributed by atoms with Crippen molar-refractivity contribution in [2.24, 2.45) is 17.8 Å². The van der Waals surface area contributed by atoms with E-state index in [0.717, 1.165) is 127 Å². The topological polar surface area (TPSA) is 237 Å². The van der Waals surface area contributed by atoms with E-state index in [-0.39, 0.29) is 25.7 Å². The number of phosphoric acid groups is 2. The van der Waals surface area contributed by atoms with Gasteiger partial charge in [-0.1, -0.05) is 310 Å². The number of hydrogen-bond acceptors (Lipinski definition) is 15. The van der Waals surface area contributed by atoms with E-state index in [1.54, 1.807) is 0 Å². The minimum atomic E-state index is -4.96. The summed E-state index contributed by atoms with van der Waals surface area (Å²) in [4.78, 5) is 72.8. The maximum Gasteiger partial charge on any atom is 0.472 e. The third kappa shape index (κ3) is 69.8. The highest BCUT2D eigenvalue weighted by molar-refractivity contribution is 7.47. The van der Waals surface area contributed by atoms with Crippen LogP contribution in [0, 0.1) is 17.8 Å². The number of allylic oxidation sites excluding steroid dienone is 4. The van der Waals surface area contributed by atoms with Crippen molar-refractivity contribution in [3.05, 3.63) is 24.3 Å². The van der Waals surface area contributed by atoms with Gasteiger partial charge in [0.2, 0.25) is 0 Å². The fraction of sp³-hybridized carbons (Fsp3) is 0.895. The first-order valence-electron chi connectivity index (χ1n) is 38.7. The van der Waals surface area contributed by atoms with Crippen molar-refractivity contribution >= 4 is 39.5 Å². The van der Waals surface area contributed by atoms with Crippen LogP contribution in [0.3, 0.4) is 0 Å². The van der Waals surface area contributed by atoms with Crippen molar-refractivity contribution in [3.8, 4) is 0 Å². The molecule has 0 rings (SSSR count). The average Bonchev–Trinajstić information content (AvgIpc) is 1.21. The number of aliphatic hydroxyl groups excluding tert-OH is 1. The first-order chi connectivity index (χ1) is 45.7. The van der Waals surface area contributed by atoms with Gasteiger partial charge in [0.1, 0.15) is 19.3 Å². The highest BCUT2D eigenvalue weighted by Crippen LogP contribution is 2.45. The van der Waals surface area contributed by atoms with E-state index in [1.807, 2.05) is 0 Å². The molecule has 0 aliphatic carbocycles. The Hall–Kier alpha value is -2.46. The summed E-state index contributed by atoms with van der Waals surface area (Å²) in [5.74, 6) is 0.104. The third-order valence-corrected chi connectivity index (χ3v) is 18.9. The summed E-state index contributed by atoms with van der Waals surface area (Å²) in [5, 5.41) is 10.6. The fourth-order valence-corrected chi connectivity index (χ4v) is 12.6. The van der Waals surface area contributed by atoms with Crippen LogP contribution < -0.4 is 0 Å². The van der Waals surface area contributed by atoms with Gasteiger partial charge in [-0.3, -0.25) is 37.3 Å². The van der Waals surface area contributed by atoms with Crippen LogP contribution >= 0.6 is 15.6 Å². The highest BCUT2D eigenvalue weighted by Gasteiger charge is 2.30. The van der Waals surface area contributed by atoms with Crippen molar-refractivity contribution in [3.63, 3.8) is 0 Å². The van der Waals surface area contributed by atoms with Gasteiger partial charge in [-0.05, 0) is 69.1 Å². The van der Waals surface area contributed by atoms with Gasteiger partial charge >= 0.3 is 39.5 Å². The molecule has 19 heteroatoms. The molecule has 0 aliphatic rings. The molecule has 0 saturated heterocycles. The van der Waals surface area contributed by atoms with Crippen LogP contribution in [-0.4, -0.2) is 96.7 Å². The number of carbonyl (C=O) groups excluding carboxylic acids is 4. The summed E-state index contributed by atoms with van der Waals surface area (Å²) >= 11 is 0. The van der Waals surface area contributed by atoms with Gasteiger partial charge in [-0.2, -0.15) is 0 Å². The number of unbranched alkanes of at least 4 members (excludes halogenated alkanes) is 37. The molecule has 5 atom stereocenters. The van der Waals surface area contributed by atoms with E-state index in [9.17, 15) is 43.2 Å². The standard InChI is InChI=1S/C76H144O17P2/c1-8-9-10-11-12-13-14-15-16-17-24-29-36-43-50-57-73(78)86-63-71(92-75(80)59-52-45-37-30-25-20-18-22-27-33-40-47-54-67(2)3)65-90-94(82,83)88-61-70(77)62-89-95(84,85)91-66-72(64-87-74(79)58-51-44-39-32-35-42-49-56-69(6)7)93-76(81)60-53-46-38-31-26-21-19-23-28-34-41-48-55-68(4)5/h13-16,67-72,77H,8-12,17-66H2,1-7H3,(H,82,83)(H,84,85)/b14-13-,16-15-/t70?,71-,72-/m1/s1. The molecular formula is C76H144O17P2. The van der Waals surface area contributed by atoms with Crippen molar-refractivity contribution in [1.82, 2.24) is 0 Å². The second kappa shape index (κ2) is 66.1. The van der Waals surface area contributed by atoms with Crippen LogP contribution in [0.4, 0.5) is 0 Å². The number of carbonyl (C=O) groups is 4. The molecule has 560 valence electrons. The van der Waals surface area contributed by atoms with Crippen molar-refractivity contribution in [2.45, 2.75) is 381 Å². The lowest BCUT2D eigenvalue weighted by Crippen LogP contribution is -2.30. The maximum atomic E-state index is 13.1. The Labute approximate surface area is 580 Å². The Morgan fingerprint density at radius 1 is 0.326 bits per heavy atom. The summed E-state index contributed by atoms with van der Waals surface area (Å²) in [7, 11) is -9.92. The smallest absolute Gasteiger partial charge is 0.462 e. The first kappa shape index (κ1) is 92.5. The van der Waals surface area contributed by atoms with E-state index in [4.69, 9.17) is 37.0 Å². The summed E-state index contributed by atoms with van der Waals surface area (Å²) in [6, 6.07) is 0. The second-order valence-corrected chi connectivity index (χ2v) is 31.0. The zero-order valence-corrected chi connectivity index (χ0v) is 63.4. The van der Waals surface area contributed by atoms with Gasteiger partial charge in [0.25, 0.3) is 0 Å². The lowest BCUT2D eigenvalue weighted by atomic mass is 10.0. The Bertz CT molecular complexity index is 1950. The molecule has 17 nitrogen and oxygen atoms in total. The largest absolute Gasteiger partial charge is 0.472 e. The molecule has 0 aromatic carbocycles. The predicted molar refractivity (Wildman–Crippen MR) is 386 cm³/mol. The fourth-order valence-electron chi connectivity index (χ4n) is 11.1. The number of ether oxygens (including phenoxy) is 4. The van der Waals surface area contributed by atoms with Crippen LogP contribution in [0.2, 0.25) is 0 Å². The summed E-state index contributed by atoms with van der Waals surface area (Å²) in [5.41, 5.74) is 0. The lowest BCUT2D eigenvalue weighted by molar-refractivity contribution is -0.161. The molecule has 3 N–H and O–H groups in total. The molecule has 0 fully saturated rings. The van der Waals surface area contributed by atoms with E-state index in [2.05, 4.69) is 72.8 Å². The van der Waals surface area contributed by atoms with Crippen molar-refractivity contribution < 1.29 is 80.2 Å². The van der Waals surface area contributed by atoms with Crippen molar-refractivity contribution in [2.75, 3.05) is 39.6 Å². The van der Waals surface area contributed by atoms with E-state index in [0.29, 0.717) is 31.6 Å². The maximum absolute atomic E-state index is 13.1. The minimum Gasteiger partial charge on any atom is -0.462 e. The van der Waals surface area contributed by atoms with Gasteiger partial charge in [0.05, 0.1) is 26.4 Å². The predicted octanol–water partition coefficient (Wildman–Crippen LogP) is 21.7. The number of rotatable bonds is 72. The molecule has 0 saturated carbocycles. The molecule has 95 heavy (non-hydrogen) atoms. The Morgan fingerprint density at radius 2 is 0.568 bits per heavy atom. The van der Waals surface area contributed by atoms with E-state index < -0.39 is 97.5 Å². The monoisotopic (exact) mass is 1390 g/mol. The molecule has 0 spiro atoms. The van der Waals surface area contributed by atoms with Gasteiger partial charge < -0.3 is 33.8 Å². The minimum absolute atomic E-state index is 0.0996. The molecule has 0 heterocycles. The van der Waals surface area contributed by atoms with Crippen LogP contribution in [-0.2, 0) is 65.4 Å². The summed E-state index contributed by atoms with van der Waals surface area (Å²) in [6.45, 7) is 11.8. The normalized spacial score (nSPS) is 14.2. The van der Waals surface area contributed by atoms with Gasteiger partial charge in [0.15, 0.2) is 12.2 Å². The lowest BCUT2D eigenvalue weighted by Gasteiger charge is -2.21. The quantitative estimate of drug-likeness (QED) is 0.0169. The average molecular weight is 1390 g/mol. The zero-order valence-electron chi connectivity index (χ0n) is 61.6. The second-order valence-electron chi connectivity index (χ2n) is 28.1. The number of phosphoric ester groups is 2. The van der Waals surface area contributed by atoms with Gasteiger partial charge in [0, 0.05) is 25.7 Å². The molecule has 0 aromatic heterocycles. The number of hydrogen-bond donors (Lipinski definition) is 3. The van der Waals surface area contributed by atoms with Crippen LogP contribution in [0.5, 0.6) is 0 Å². The number of esters is 4. The van der Waals surface area contributed by atoms with Crippen LogP contribution in [0.25, 0.3) is 0 Å². The molecular weight excluding hydrogens is 1250 g/mol. The first-order valence-corrected chi connectivity index (χ1v) is 41.7. The highest BCUT2D eigenvalue weighted by atomic mass is 31.2. The molecule has 3 unspecified atom stereocenters. The van der Waals surface area contributed by atoms with Crippen LogP contribution in [0.1, 0.15) is 363 Å². The van der Waals surface area contributed by atoms with E-state index >= 15 is 0 Å². The molecule has 0 amide bonds. The number of aliphatic hydroxyl groups is 1. The molecule has 0 radical (unpaired) electrons. The Balaban J connectivity index is 5.29. The Morgan fingerprint density at radius 3 is 0.853 bits per heavy atom. The van der Waals surface area contributed by atoms with Gasteiger partial charge in [-0.25, -0.2) is 9.13 Å². The zero-order chi connectivity index (χ0) is 70.1. The molecule has 0 aliphatic heterocycles. The molecule has 0 aromatic rings. The van der Waals surface area contributed by atoms with Gasteiger partial charge in [-0.15, -0.1) is 0 Å². The van der Waals surface area contributed by atoms with Crippen LogP contribution in [0.15, 0.2) is 24.3 Å². The summed E-state index contributed by atoms with van der Waals surface area (Å²) < 4.78 is 68.5. The summed E-state index contributed by atoms with van der Waals surface area (Å²) in [6.07, 6.45) is 54.9. The SMILES string of the molecule is CCCCCC/C=C\C=C/CCCCCCCC(=O)OC[C@H](COP(=O)(O)OCC(O)COP(=O)(O)OC[C@@H](COC(=O)CCCCCCCCCC(C)C)OC(=O)CCCCCCCCCCCCCCC(C)C)OC(=O)CCCCCCCCCCCCCCC(C)C.